The van der Waals surface area contributed by atoms with E-state index in [-0.39, 0.29) is 18.1 Å². The number of aromatic nitrogens is 3. The summed E-state index contributed by atoms with van der Waals surface area (Å²) in [4.78, 5) is 39.3. The van der Waals surface area contributed by atoms with Crippen molar-refractivity contribution in [1.82, 2.24) is 19.4 Å². The van der Waals surface area contributed by atoms with Gasteiger partial charge in [0.1, 0.15) is 22.2 Å². The first-order valence-corrected chi connectivity index (χ1v) is 14.8. The number of fused-ring (bicyclic) bond motifs is 1. The van der Waals surface area contributed by atoms with E-state index in [0.29, 0.717) is 57.5 Å². The highest BCUT2D eigenvalue weighted by Gasteiger charge is 2.32. The number of piperazine rings is 1. The smallest absolute Gasteiger partial charge is 0.410 e. The Morgan fingerprint density at radius 2 is 1.90 bits per heavy atom. The van der Waals surface area contributed by atoms with E-state index in [1.54, 1.807) is 45.3 Å². The molecule has 1 aliphatic heterocycles. The fourth-order valence-electron chi connectivity index (χ4n) is 5.11. The number of anilines is 1. The van der Waals surface area contributed by atoms with Gasteiger partial charge in [-0.05, 0) is 51.8 Å². The van der Waals surface area contributed by atoms with Gasteiger partial charge in [-0.15, -0.1) is 11.3 Å². The summed E-state index contributed by atoms with van der Waals surface area (Å²) in [7, 11) is 0. The Bertz CT molecular complexity index is 1680. The average molecular weight is 598 g/mol. The van der Waals surface area contributed by atoms with Crippen molar-refractivity contribution in [3.05, 3.63) is 68.9 Å². The molecule has 0 aliphatic carbocycles. The lowest BCUT2D eigenvalue weighted by Crippen LogP contribution is -2.55. The number of amides is 1. The fourth-order valence-corrected chi connectivity index (χ4v) is 6.33. The second-order valence-electron chi connectivity index (χ2n) is 11.5. The molecule has 1 saturated heterocycles. The highest BCUT2D eigenvalue weighted by atomic mass is 35.5. The van der Waals surface area contributed by atoms with Crippen LogP contribution >= 0.6 is 22.9 Å². The van der Waals surface area contributed by atoms with Crippen LogP contribution in [0.15, 0.2) is 46.7 Å². The number of carbonyl (C=O) groups is 1. The summed E-state index contributed by atoms with van der Waals surface area (Å²) < 4.78 is 22.0. The van der Waals surface area contributed by atoms with Crippen molar-refractivity contribution < 1.29 is 13.9 Å². The van der Waals surface area contributed by atoms with Gasteiger partial charge >= 0.3 is 11.8 Å². The quantitative estimate of drug-likeness (QED) is 0.255. The van der Waals surface area contributed by atoms with Gasteiger partial charge < -0.3 is 14.5 Å². The minimum absolute atomic E-state index is 0.0668. The minimum atomic E-state index is -0.599. The molecule has 1 fully saturated rings. The zero-order chi connectivity index (χ0) is 29.6. The molecule has 2 aromatic carbocycles. The molecule has 3 heterocycles. The highest BCUT2D eigenvalue weighted by molar-refractivity contribution is 7.12. The van der Waals surface area contributed by atoms with Crippen LogP contribution in [0.2, 0.25) is 5.02 Å². The largest absolute Gasteiger partial charge is 0.444 e. The van der Waals surface area contributed by atoms with E-state index >= 15 is 0 Å². The predicted molar refractivity (Wildman–Crippen MR) is 162 cm³/mol. The van der Waals surface area contributed by atoms with E-state index in [1.165, 1.54) is 17.4 Å². The van der Waals surface area contributed by atoms with Gasteiger partial charge in [0.25, 0.3) is 0 Å². The van der Waals surface area contributed by atoms with Gasteiger partial charge in [0.05, 0.1) is 16.7 Å². The summed E-state index contributed by atoms with van der Waals surface area (Å²) in [6.07, 6.45) is -0.374. The summed E-state index contributed by atoms with van der Waals surface area (Å²) in [5.41, 5.74) is 2.78. The molecule has 0 bridgehead atoms. The van der Waals surface area contributed by atoms with E-state index < -0.39 is 17.1 Å². The molecule has 216 valence electrons. The van der Waals surface area contributed by atoms with Gasteiger partial charge in [0.2, 0.25) is 0 Å². The average Bonchev–Trinajstić information content (AvgIpc) is 3.37. The molecular weight excluding hydrogens is 565 g/mol. The molecular formula is C30H33ClFN5O3S. The van der Waals surface area contributed by atoms with Crippen LogP contribution in [0.1, 0.15) is 53.2 Å². The molecule has 0 saturated carbocycles. The fraction of sp³-hybridized carbons (Fsp3) is 0.400. The standard InChI is InChI=1S/C30H33ClFN5O3S/c1-17(2)25-27(41-16-33-25)37-24-14-20(19-9-7-8-10-23(19)32)22(31)13-21(24)26(34-28(37)38)36-12-11-35(15-18(36)3)29(39)40-30(4,5)6/h7-10,13-14,16-18H,11-12,15H2,1-6H3/t18-/m0/s1. The van der Waals surface area contributed by atoms with Crippen molar-refractivity contribution in [2.75, 3.05) is 24.5 Å². The van der Waals surface area contributed by atoms with Crippen LogP contribution in [-0.4, -0.2) is 56.8 Å². The SMILES string of the molecule is CC(C)c1ncsc1-n1c(=O)nc(N2CCN(C(=O)OC(C)(C)C)C[C@@H]2C)c2cc(Cl)c(-c3ccccc3F)cc21. The van der Waals surface area contributed by atoms with E-state index in [0.717, 1.165) is 5.69 Å². The van der Waals surface area contributed by atoms with Crippen LogP contribution < -0.4 is 10.6 Å². The van der Waals surface area contributed by atoms with Gasteiger partial charge in [-0.2, -0.15) is 4.98 Å². The van der Waals surface area contributed by atoms with Crippen LogP contribution in [0.5, 0.6) is 0 Å². The van der Waals surface area contributed by atoms with Crippen LogP contribution in [0, 0.1) is 5.82 Å². The number of carbonyl (C=O) groups excluding carboxylic acids is 1. The van der Waals surface area contributed by atoms with Crippen molar-refractivity contribution in [3.8, 4) is 16.1 Å². The zero-order valence-corrected chi connectivity index (χ0v) is 25.5. The van der Waals surface area contributed by atoms with Crippen LogP contribution in [0.3, 0.4) is 0 Å². The predicted octanol–water partition coefficient (Wildman–Crippen LogP) is 6.87. The third-order valence-electron chi connectivity index (χ3n) is 7.00. The van der Waals surface area contributed by atoms with Crippen LogP contribution in [0.4, 0.5) is 15.0 Å². The van der Waals surface area contributed by atoms with Crippen molar-refractivity contribution in [2.45, 2.75) is 59.1 Å². The maximum absolute atomic E-state index is 14.9. The molecule has 8 nitrogen and oxygen atoms in total. The van der Waals surface area contributed by atoms with Crippen molar-refractivity contribution >= 4 is 45.8 Å². The van der Waals surface area contributed by atoms with Gasteiger partial charge in [-0.25, -0.2) is 23.5 Å². The molecule has 41 heavy (non-hydrogen) atoms. The van der Waals surface area contributed by atoms with E-state index in [4.69, 9.17) is 16.3 Å². The number of halogens is 2. The van der Waals surface area contributed by atoms with E-state index in [2.05, 4.69) is 9.97 Å². The number of thiazole rings is 1. The van der Waals surface area contributed by atoms with Crippen LogP contribution in [0.25, 0.3) is 27.0 Å². The molecule has 5 rings (SSSR count). The van der Waals surface area contributed by atoms with Gasteiger partial charge in [-0.3, -0.25) is 0 Å². The molecule has 4 aromatic rings. The maximum atomic E-state index is 14.9. The summed E-state index contributed by atoms with van der Waals surface area (Å²) in [5.74, 6) is 0.122. The topological polar surface area (TPSA) is 80.6 Å². The number of rotatable bonds is 4. The zero-order valence-electron chi connectivity index (χ0n) is 23.9. The third kappa shape index (κ3) is 5.67. The summed E-state index contributed by atoms with van der Waals surface area (Å²) >= 11 is 8.15. The number of benzene rings is 2. The van der Waals surface area contributed by atoms with Crippen molar-refractivity contribution in [1.29, 1.82) is 0 Å². The molecule has 0 radical (unpaired) electrons. The van der Waals surface area contributed by atoms with Gasteiger partial charge in [-0.1, -0.05) is 43.6 Å². The first-order chi connectivity index (χ1) is 19.4. The Morgan fingerprint density at radius 3 is 2.56 bits per heavy atom. The Kier molecular flexibility index (Phi) is 7.82. The number of ether oxygens (including phenoxy) is 1. The molecule has 0 N–H and O–H groups in total. The summed E-state index contributed by atoms with van der Waals surface area (Å²) in [5, 5.41) is 1.65. The Labute approximate surface area is 247 Å². The number of hydrogen-bond donors (Lipinski definition) is 0. The maximum Gasteiger partial charge on any atom is 0.410 e. The monoisotopic (exact) mass is 597 g/mol. The minimum Gasteiger partial charge on any atom is -0.444 e. The lowest BCUT2D eigenvalue weighted by Gasteiger charge is -2.41. The first-order valence-electron chi connectivity index (χ1n) is 13.5. The number of hydrogen-bond acceptors (Lipinski definition) is 7. The molecule has 1 atom stereocenters. The molecule has 0 unspecified atom stereocenters. The van der Waals surface area contributed by atoms with Crippen molar-refractivity contribution in [3.63, 3.8) is 0 Å². The van der Waals surface area contributed by atoms with Gasteiger partial charge in [0.15, 0.2) is 0 Å². The summed E-state index contributed by atoms with van der Waals surface area (Å²) in [6.45, 7) is 12.8. The first kappa shape index (κ1) is 29.0. The highest BCUT2D eigenvalue weighted by Crippen LogP contribution is 2.38. The van der Waals surface area contributed by atoms with E-state index in [9.17, 15) is 14.0 Å². The van der Waals surface area contributed by atoms with Crippen LogP contribution in [-0.2, 0) is 4.74 Å². The Balaban J connectivity index is 1.67. The molecule has 1 amide bonds. The van der Waals surface area contributed by atoms with Crippen molar-refractivity contribution in [2.24, 2.45) is 0 Å². The number of nitrogens with zero attached hydrogens (tertiary/aromatic N) is 5. The second-order valence-corrected chi connectivity index (χ2v) is 12.8. The second kappa shape index (κ2) is 11.1. The molecule has 1 aliphatic rings. The third-order valence-corrected chi connectivity index (χ3v) is 8.14. The van der Waals surface area contributed by atoms with E-state index in [1.807, 2.05) is 46.4 Å². The normalized spacial score (nSPS) is 16.1. The Morgan fingerprint density at radius 1 is 1.17 bits per heavy atom. The Hall–Kier alpha value is -3.50. The lowest BCUT2D eigenvalue weighted by atomic mass is 10.0. The summed E-state index contributed by atoms with van der Waals surface area (Å²) in [6, 6.07) is 9.76. The van der Waals surface area contributed by atoms with Gasteiger partial charge in [0, 0.05) is 47.2 Å². The molecule has 0 spiro atoms. The molecule has 2 aromatic heterocycles. The molecule has 11 heteroatoms. The lowest BCUT2D eigenvalue weighted by molar-refractivity contribution is 0.0218.